The zero-order chi connectivity index (χ0) is 19.6. The van der Waals surface area contributed by atoms with Crippen LogP contribution in [-0.2, 0) is 16.0 Å². The van der Waals surface area contributed by atoms with E-state index < -0.39 is 24.0 Å². The summed E-state index contributed by atoms with van der Waals surface area (Å²) in [6.45, 7) is 3.76. The predicted octanol–water partition coefficient (Wildman–Crippen LogP) is 3.86. The standard InChI is InChI=1S/C21H22INO4/c1-13-8-9-18(22)17(10-13)19(24)14(2)20(25)23-16(12-27-21(23)26)11-15-6-4-3-5-7-15/h3-10,14,16,19,24H,11-12H2,1-2H3/t14-,16+,19+/m1/s1. The van der Waals surface area contributed by atoms with Crippen molar-refractivity contribution in [3.8, 4) is 0 Å². The molecule has 2 aromatic carbocycles. The molecule has 0 saturated carbocycles. The van der Waals surface area contributed by atoms with Gasteiger partial charge in [-0.1, -0.05) is 55.0 Å². The fourth-order valence-corrected chi connectivity index (χ4v) is 3.94. The van der Waals surface area contributed by atoms with Gasteiger partial charge in [-0.05, 0) is 53.1 Å². The highest BCUT2D eigenvalue weighted by Gasteiger charge is 2.41. The third-order valence-electron chi connectivity index (χ3n) is 4.85. The highest BCUT2D eigenvalue weighted by atomic mass is 127. The fraction of sp³-hybridized carbons (Fsp3) is 0.333. The molecule has 0 radical (unpaired) electrons. The lowest BCUT2D eigenvalue weighted by Crippen LogP contribution is -2.44. The van der Waals surface area contributed by atoms with Crippen molar-refractivity contribution in [3.05, 3.63) is 68.8 Å². The number of ether oxygens (including phenoxy) is 1. The van der Waals surface area contributed by atoms with Gasteiger partial charge >= 0.3 is 6.09 Å². The van der Waals surface area contributed by atoms with Crippen molar-refractivity contribution < 1.29 is 19.4 Å². The van der Waals surface area contributed by atoms with Crippen LogP contribution in [0.5, 0.6) is 0 Å². The molecule has 0 aromatic heterocycles. The topological polar surface area (TPSA) is 66.8 Å². The van der Waals surface area contributed by atoms with E-state index in [4.69, 9.17) is 4.74 Å². The number of imide groups is 1. The van der Waals surface area contributed by atoms with Crippen molar-refractivity contribution in [2.45, 2.75) is 32.4 Å². The third-order valence-corrected chi connectivity index (χ3v) is 5.83. The van der Waals surface area contributed by atoms with Crippen molar-refractivity contribution in [3.63, 3.8) is 0 Å². The molecule has 1 fully saturated rings. The van der Waals surface area contributed by atoms with E-state index in [1.165, 1.54) is 4.90 Å². The molecular weight excluding hydrogens is 457 g/mol. The molecule has 142 valence electrons. The maximum absolute atomic E-state index is 13.0. The number of amides is 2. The van der Waals surface area contributed by atoms with E-state index in [0.717, 1.165) is 14.7 Å². The second-order valence-corrected chi connectivity index (χ2v) is 8.05. The number of carbonyl (C=O) groups excluding carboxylic acids is 2. The lowest BCUT2D eigenvalue weighted by molar-refractivity contribution is -0.136. The molecule has 1 N–H and O–H groups in total. The van der Waals surface area contributed by atoms with Crippen LogP contribution in [0.4, 0.5) is 4.79 Å². The Balaban J connectivity index is 1.79. The molecule has 3 atom stereocenters. The van der Waals surface area contributed by atoms with E-state index >= 15 is 0 Å². The minimum atomic E-state index is -0.991. The van der Waals surface area contributed by atoms with Crippen LogP contribution in [0.3, 0.4) is 0 Å². The van der Waals surface area contributed by atoms with Crippen LogP contribution in [0, 0.1) is 16.4 Å². The van der Waals surface area contributed by atoms with Gasteiger partial charge in [0.1, 0.15) is 6.61 Å². The third kappa shape index (κ3) is 4.32. The number of nitrogens with zero attached hydrogens (tertiary/aromatic N) is 1. The number of aliphatic hydroxyl groups excluding tert-OH is 1. The molecule has 0 unspecified atom stereocenters. The zero-order valence-corrected chi connectivity index (χ0v) is 17.4. The summed E-state index contributed by atoms with van der Waals surface area (Å²) in [4.78, 5) is 26.4. The molecule has 5 nitrogen and oxygen atoms in total. The van der Waals surface area contributed by atoms with Gasteiger partial charge in [0, 0.05) is 3.57 Å². The van der Waals surface area contributed by atoms with Crippen molar-refractivity contribution >= 4 is 34.6 Å². The molecular formula is C21H22INO4. The zero-order valence-electron chi connectivity index (χ0n) is 15.3. The molecule has 27 heavy (non-hydrogen) atoms. The van der Waals surface area contributed by atoms with Crippen LogP contribution in [0.25, 0.3) is 0 Å². The van der Waals surface area contributed by atoms with Gasteiger partial charge in [0.05, 0.1) is 18.1 Å². The number of hydrogen-bond acceptors (Lipinski definition) is 4. The summed E-state index contributed by atoms with van der Waals surface area (Å²) < 4.78 is 6.02. The lowest BCUT2D eigenvalue weighted by Gasteiger charge is -2.26. The van der Waals surface area contributed by atoms with Crippen LogP contribution in [-0.4, -0.2) is 34.7 Å². The van der Waals surface area contributed by atoms with E-state index in [0.29, 0.717) is 12.0 Å². The summed E-state index contributed by atoms with van der Waals surface area (Å²) in [6.07, 6.45) is -1.10. The van der Waals surface area contributed by atoms with Crippen LogP contribution >= 0.6 is 22.6 Å². The van der Waals surface area contributed by atoms with Crippen molar-refractivity contribution in [1.29, 1.82) is 0 Å². The monoisotopic (exact) mass is 479 g/mol. The summed E-state index contributed by atoms with van der Waals surface area (Å²) in [5.74, 6) is -1.17. The molecule has 0 spiro atoms. The maximum atomic E-state index is 13.0. The van der Waals surface area contributed by atoms with Crippen molar-refractivity contribution in [2.75, 3.05) is 6.61 Å². The van der Waals surface area contributed by atoms with Crippen molar-refractivity contribution in [1.82, 2.24) is 4.90 Å². The van der Waals surface area contributed by atoms with Crippen molar-refractivity contribution in [2.24, 2.45) is 5.92 Å². The molecule has 1 aliphatic rings. The van der Waals surface area contributed by atoms with Crippen LogP contribution in [0.1, 0.15) is 29.7 Å². The molecule has 1 aliphatic heterocycles. The van der Waals surface area contributed by atoms with Gasteiger partial charge in [-0.3, -0.25) is 4.79 Å². The molecule has 2 aromatic rings. The SMILES string of the molecule is Cc1ccc(I)c([C@@H](O)[C@@H](C)C(=O)N2C(=O)OC[C@@H]2Cc2ccccc2)c1. The first-order valence-corrected chi connectivity index (χ1v) is 9.94. The van der Waals surface area contributed by atoms with E-state index in [1.54, 1.807) is 6.92 Å². The molecule has 0 bridgehead atoms. The Kier molecular flexibility index (Phi) is 6.16. The summed E-state index contributed by atoms with van der Waals surface area (Å²) in [6, 6.07) is 15.1. The van der Waals surface area contributed by atoms with E-state index in [9.17, 15) is 14.7 Å². The van der Waals surface area contributed by atoms with Gasteiger partial charge in [-0.25, -0.2) is 9.69 Å². The first kappa shape index (κ1) is 19.8. The fourth-order valence-electron chi connectivity index (χ4n) is 3.28. The summed E-state index contributed by atoms with van der Waals surface area (Å²) >= 11 is 2.14. The van der Waals surface area contributed by atoms with Crippen LogP contribution in [0.2, 0.25) is 0 Å². The first-order valence-electron chi connectivity index (χ1n) is 8.86. The Labute approximate surface area is 172 Å². The number of aliphatic hydroxyl groups is 1. The number of rotatable bonds is 5. The highest BCUT2D eigenvalue weighted by molar-refractivity contribution is 14.1. The Bertz CT molecular complexity index is 839. The number of aryl methyl sites for hydroxylation is 1. The number of cyclic esters (lactones) is 1. The molecule has 3 rings (SSSR count). The minimum absolute atomic E-state index is 0.171. The Morgan fingerprint density at radius 1 is 1.30 bits per heavy atom. The highest BCUT2D eigenvalue weighted by Crippen LogP contribution is 2.30. The molecule has 0 aliphatic carbocycles. The van der Waals surface area contributed by atoms with Crippen LogP contribution in [0.15, 0.2) is 48.5 Å². The average molecular weight is 479 g/mol. The largest absolute Gasteiger partial charge is 0.447 e. The van der Waals surface area contributed by atoms with E-state index in [1.807, 2.05) is 55.5 Å². The number of halogens is 1. The van der Waals surface area contributed by atoms with Gasteiger partial charge in [0.2, 0.25) is 5.91 Å². The van der Waals surface area contributed by atoms with E-state index in [2.05, 4.69) is 22.6 Å². The molecule has 2 amide bonds. The number of hydrogen-bond donors (Lipinski definition) is 1. The second kappa shape index (κ2) is 8.39. The lowest BCUT2D eigenvalue weighted by atomic mass is 9.94. The maximum Gasteiger partial charge on any atom is 0.416 e. The Hall–Kier alpha value is -1.93. The molecule has 1 saturated heterocycles. The van der Waals surface area contributed by atoms with Crippen LogP contribution < -0.4 is 0 Å². The van der Waals surface area contributed by atoms with Gasteiger partial charge < -0.3 is 9.84 Å². The summed E-state index contributed by atoms with van der Waals surface area (Å²) in [5.41, 5.74) is 2.73. The molecule has 1 heterocycles. The second-order valence-electron chi connectivity index (χ2n) is 6.89. The smallest absolute Gasteiger partial charge is 0.416 e. The van der Waals surface area contributed by atoms with Gasteiger partial charge in [0.25, 0.3) is 0 Å². The molecule has 6 heteroatoms. The first-order chi connectivity index (χ1) is 12.9. The minimum Gasteiger partial charge on any atom is -0.447 e. The summed E-state index contributed by atoms with van der Waals surface area (Å²) in [7, 11) is 0. The number of carbonyl (C=O) groups is 2. The quantitative estimate of drug-likeness (QED) is 0.662. The predicted molar refractivity (Wildman–Crippen MR) is 110 cm³/mol. The van der Waals surface area contributed by atoms with Gasteiger partial charge in [-0.15, -0.1) is 0 Å². The Morgan fingerprint density at radius 3 is 2.70 bits per heavy atom. The summed E-state index contributed by atoms with van der Waals surface area (Å²) in [5, 5.41) is 10.8. The van der Waals surface area contributed by atoms with Gasteiger partial charge in [0.15, 0.2) is 0 Å². The van der Waals surface area contributed by atoms with Gasteiger partial charge in [-0.2, -0.15) is 0 Å². The van der Waals surface area contributed by atoms with E-state index in [-0.39, 0.29) is 12.6 Å². The Morgan fingerprint density at radius 2 is 2.00 bits per heavy atom. The average Bonchev–Trinajstić information content (AvgIpc) is 3.03. The normalized spacial score (nSPS) is 18.9. The number of benzene rings is 2.